The lowest BCUT2D eigenvalue weighted by molar-refractivity contribution is -0.384. The number of fused-ring (bicyclic) bond motifs is 1. The number of rotatable bonds is 9. The summed E-state index contributed by atoms with van der Waals surface area (Å²) in [7, 11) is 0. The van der Waals surface area contributed by atoms with Gasteiger partial charge in [0.05, 0.1) is 21.7 Å². The molecule has 1 amide bonds. The van der Waals surface area contributed by atoms with E-state index in [1.54, 1.807) is 17.8 Å². The Labute approximate surface area is 182 Å². The summed E-state index contributed by atoms with van der Waals surface area (Å²) in [6, 6.07) is 12.9. The van der Waals surface area contributed by atoms with Crippen LogP contribution in [0, 0.1) is 17.0 Å². The molecule has 0 fully saturated rings. The fourth-order valence-corrected chi connectivity index (χ4v) is 4.72. The van der Waals surface area contributed by atoms with Gasteiger partial charge in [0.15, 0.2) is 4.80 Å². The largest absolute Gasteiger partial charge is 0.380 e. The topological polar surface area (TPSA) is 86.7 Å². The first-order chi connectivity index (χ1) is 14.5. The number of thiazole rings is 1. The first-order valence-electron chi connectivity index (χ1n) is 9.60. The molecule has 0 unspecified atom stereocenters. The number of ether oxygens (including phenoxy) is 1. The Morgan fingerprint density at radius 1 is 1.27 bits per heavy atom. The van der Waals surface area contributed by atoms with Crippen molar-refractivity contribution in [2.45, 2.75) is 31.7 Å². The van der Waals surface area contributed by atoms with E-state index < -0.39 is 4.92 Å². The number of amides is 1. The zero-order valence-electron chi connectivity index (χ0n) is 16.9. The first kappa shape index (κ1) is 22.2. The van der Waals surface area contributed by atoms with Crippen LogP contribution < -0.4 is 4.80 Å². The van der Waals surface area contributed by atoms with E-state index in [-0.39, 0.29) is 11.6 Å². The molecule has 7 nitrogen and oxygen atoms in total. The molecule has 158 valence electrons. The van der Waals surface area contributed by atoms with Crippen molar-refractivity contribution >= 4 is 44.9 Å². The lowest BCUT2D eigenvalue weighted by Gasteiger charge is -2.05. The van der Waals surface area contributed by atoms with Crippen molar-refractivity contribution in [3.8, 4) is 0 Å². The van der Waals surface area contributed by atoms with Crippen LogP contribution in [0.2, 0.25) is 0 Å². The zero-order valence-corrected chi connectivity index (χ0v) is 18.5. The molecule has 0 aliphatic carbocycles. The van der Waals surface area contributed by atoms with Gasteiger partial charge in [-0.2, -0.15) is 4.99 Å². The summed E-state index contributed by atoms with van der Waals surface area (Å²) in [4.78, 5) is 29.1. The van der Waals surface area contributed by atoms with Gasteiger partial charge in [0.1, 0.15) is 0 Å². The number of nitro groups is 1. The average molecular weight is 446 g/mol. The maximum atomic E-state index is 12.5. The third kappa shape index (κ3) is 5.78. The molecular weight excluding hydrogens is 422 g/mol. The van der Waals surface area contributed by atoms with Crippen LogP contribution in [0.3, 0.4) is 0 Å². The standard InChI is InChI=1S/C21H23N3O4S2/c1-3-28-12-11-23-18-14-16(24(26)27)6-9-19(18)30-21(23)22-20(25)10-13-29-17-7-4-15(2)5-8-17/h4-9,14H,3,10-13H2,1-2H3. The Balaban J connectivity index is 1.80. The highest BCUT2D eigenvalue weighted by Gasteiger charge is 2.13. The number of non-ortho nitro benzene ring substituents is 1. The Kier molecular flexibility index (Phi) is 7.78. The summed E-state index contributed by atoms with van der Waals surface area (Å²) in [5, 5.41) is 11.1. The molecular formula is C21H23N3O4S2. The minimum absolute atomic E-state index is 0.0119. The van der Waals surface area contributed by atoms with Crippen molar-refractivity contribution in [2.75, 3.05) is 19.0 Å². The Bertz CT molecular complexity index is 1100. The Morgan fingerprint density at radius 2 is 2.03 bits per heavy atom. The maximum Gasteiger partial charge on any atom is 0.271 e. The van der Waals surface area contributed by atoms with Crippen LogP contribution in [0.15, 0.2) is 52.4 Å². The molecule has 3 rings (SSSR count). The highest BCUT2D eigenvalue weighted by molar-refractivity contribution is 7.99. The van der Waals surface area contributed by atoms with E-state index in [0.717, 1.165) is 9.60 Å². The normalized spacial score (nSPS) is 11.9. The van der Waals surface area contributed by atoms with Gasteiger partial charge in [0.25, 0.3) is 5.69 Å². The van der Waals surface area contributed by atoms with E-state index in [2.05, 4.69) is 4.99 Å². The summed E-state index contributed by atoms with van der Waals surface area (Å²) < 4.78 is 8.11. The molecule has 0 bridgehead atoms. The monoisotopic (exact) mass is 445 g/mol. The van der Waals surface area contributed by atoms with E-state index in [9.17, 15) is 14.9 Å². The summed E-state index contributed by atoms with van der Waals surface area (Å²) in [6.07, 6.45) is 0.318. The molecule has 0 aliphatic rings. The summed E-state index contributed by atoms with van der Waals surface area (Å²) in [5.41, 5.74) is 1.90. The number of benzene rings is 2. The molecule has 0 radical (unpaired) electrons. The fourth-order valence-electron chi connectivity index (χ4n) is 2.83. The van der Waals surface area contributed by atoms with Gasteiger partial charge in [-0.25, -0.2) is 0 Å². The van der Waals surface area contributed by atoms with Crippen LogP contribution in [0.1, 0.15) is 18.9 Å². The molecule has 0 spiro atoms. The molecule has 1 heterocycles. The quantitative estimate of drug-likeness (QED) is 0.208. The maximum absolute atomic E-state index is 12.5. The van der Waals surface area contributed by atoms with E-state index in [4.69, 9.17) is 4.74 Å². The van der Waals surface area contributed by atoms with E-state index in [1.807, 2.05) is 42.7 Å². The SMILES string of the molecule is CCOCCn1c(=NC(=O)CCSc2ccc(C)cc2)sc2ccc([N+](=O)[O-])cc21. The second-order valence-corrected chi connectivity index (χ2v) is 8.74. The smallest absolute Gasteiger partial charge is 0.271 e. The van der Waals surface area contributed by atoms with Crippen molar-refractivity contribution in [1.29, 1.82) is 0 Å². The second-order valence-electron chi connectivity index (χ2n) is 6.56. The van der Waals surface area contributed by atoms with Crippen molar-refractivity contribution < 1.29 is 14.5 Å². The van der Waals surface area contributed by atoms with Crippen molar-refractivity contribution in [3.05, 3.63) is 62.9 Å². The van der Waals surface area contributed by atoms with E-state index >= 15 is 0 Å². The van der Waals surface area contributed by atoms with E-state index in [1.165, 1.54) is 29.0 Å². The zero-order chi connectivity index (χ0) is 21.5. The fraction of sp³-hybridized carbons (Fsp3) is 0.333. The van der Waals surface area contributed by atoms with Gasteiger partial charge in [0, 0.05) is 42.4 Å². The second kappa shape index (κ2) is 10.5. The number of hydrogen-bond donors (Lipinski definition) is 0. The third-order valence-corrected chi connectivity index (χ3v) is 6.44. The lowest BCUT2D eigenvalue weighted by atomic mass is 10.2. The van der Waals surface area contributed by atoms with Gasteiger partial charge in [-0.15, -0.1) is 11.8 Å². The Morgan fingerprint density at radius 3 is 2.73 bits per heavy atom. The van der Waals surface area contributed by atoms with Crippen LogP contribution in [-0.4, -0.2) is 34.4 Å². The highest BCUT2D eigenvalue weighted by atomic mass is 32.2. The van der Waals surface area contributed by atoms with Crippen molar-refractivity contribution in [3.63, 3.8) is 0 Å². The molecule has 1 aromatic heterocycles. The third-order valence-electron chi connectivity index (χ3n) is 4.37. The minimum Gasteiger partial charge on any atom is -0.380 e. The predicted molar refractivity (Wildman–Crippen MR) is 120 cm³/mol. The molecule has 30 heavy (non-hydrogen) atoms. The molecule has 9 heteroatoms. The van der Waals surface area contributed by atoms with Crippen LogP contribution in [0.4, 0.5) is 5.69 Å². The van der Waals surface area contributed by atoms with Gasteiger partial charge >= 0.3 is 0 Å². The lowest BCUT2D eigenvalue weighted by Crippen LogP contribution is -2.19. The van der Waals surface area contributed by atoms with Crippen LogP contribution >= 0.6 is 23.1 Å². The van der Waals surface area contributed by atoms with Gasteiger partial charge in [-0.1, -0.05) is 29.0 Å². The molecule has 0 aliphatic heterocycles. The molecule has 3 aromatic rings. The Hall–Kier alpha value is -2.49. The number of hydrogen-bond acceptors (Lipinski definition) is 6. The summed E-state index contributed by atoms with van der Waals surface area (Å²) in [5.74, 6) is 0.432. The van der Waals surface area contributed by atoms with E-state index in [0.29, 0.717) is 42.3 Å². The van der Waals surface area contributed by atoms with Crippen molar-refractivity contribution in [1.82, 2.24) is 4.57 Å². The van der Waals surface area contributed by atoms with Crippen molar-refractivity contribution in [2.24, 2.45) is 4.99 Å². The van der Waals surface area contributed by atoms with Gasteiger partial charge in [-0.3, -0.25) is 14.9 Å². The number of thioether (sulfide) groups is 1. The molecule has 0 N–H and O–H groups in total. The van der Waals surface area contributed by atoms with Crippen LogP contribution in [-0.2, 0) is 16.1 Å². The summed E-state index contributed by atoms with van der Waals surface area (Å²) in [6.45, 7) is 5.43. The van der Waals surface area contributed by atoms with Crippen LogP contribution in [0.25, 0.3) is 10.2 Å². The predicted octanol–water partition coefficient (Wildman–Crippen LogP) is 4.57. The molecule has 0 saturated heterocycles. The first-order valence-corrected chi connectivity index (χ1v) is 11.4. The van der Waals surface area contributed by atoms with Crippen LogP contribution in [0.5, 0.6) is 0 Å². The number of nitrogens with zero attached hydrogens (tertiary/aromatic N) is 3. The molecule has 0 atom stereocenters. The van der Waals surface area contributed by atoms with Gasteiger partial charge < -0.3 is 9.30 Å². The molecule has 0 saturated carbocycles. The summed E-state index contributed by atoms with van der Waals surface area (Å²) >= 11 is 2.97. The number of aryl methyl sites for hydroxylation is 1. The number of nitro benzene ring substituents is 1. The number of carbonyl (C=O) groups excluding carboxylic acids is 1. The molecule has 2 aromatic carbocycles. The van der Waals surface area contributed by atoms with Gasteiger partial charge in [-0.05, 0) is 32.0 Å². The minimum atomic E-state index is -0.422. The highest BCUT2D eigenvalue weighted by Crippen LogP contribution is 2.23. The number of aromatic nitrogens is 1. The number of carbonyl (C=O) groups is 1. The average Bonchev–Trinajstić information content (AvgIpc) is 3.06. The van der Waals surface area contributed by atoms with Gasteiger partial charge in [0.2, 0.25) is 5.91 Å².